The lowest BCUT2D eigenvalue weighted by Crippen LogP contribution is -2.43. The monoisotopic (exact) mass is 446 g/mol. The highest BCUT2D eigenvalue weighted by atomic mass is 16.6. The number of likely N-dealkylation sites (N-methyl/N-ethyl adjacent to an activating group) is 1. The van der Waals surface area contributed by atoms with Crippen LogP contribution in [0.25, 0.3) is 23.1 Å². The molecule has 8 nitrogen and oxygen atoms in total. The van der Waals surface area contributed by atoms with E-state index in [1.54, 1.807) is 6.07 Å². The second-order valence-electron chi connectivity index (χ2n) is 9.10. The minimum atomic E-state index is -0.282. The van der Waals surface area contributed by atoms with E-state index in [1.165, 1.54) is 5.56 Å². The number of nitrogens with one attached hydrogen (secondary N) is 1. The molecule has 33 heavy (non-hydrogen) atoms. The molecule has 1 aromatic heterocycles. The topological polar surface area (TPSA) is 81.5 Å². The van der Waals surface area contributed by atoms with Gasteiger partial charge in [-0.1, -0.05) is 30.3 Å². The van der Waals surface area contributed by atoms with Gasteiger partial charge in [-0.2, -0.15) is 5.10 Å². The second-order valence-corrected chi connectivity index (χ2v) is 9.10. The average molecular weight is 447 g/mol. The third-order valence-corrected chi connectivity index (χ3v) is 6.72. The molecule has 3 aromatic rings. The van der Waals surface area contributed by atoms with Crippen molar-refractivity contribution in [1.29, 1.82) is 0 Å². The predicted molar refractivity (Wildman–Crippen MR) is 132 cm³/mol. The molecule has 0 atom stereocenters. The number of nitro groups is 1. The van der Waals surface area contributed by atoms with Gasteiger partial charge in [0, 0.05) is 57.3 Å². The molecule has 0 aliphatic carbocycles. The highest BCUT2D eigenvalue weighted by Crippen LogP contribution is 2.35. The fraction of sp³-hybridized carbons (Fsp3) is 0.400. The Bertz CT molecular complexity index is 1170. The summed E-state index contributed by atoms with van der Waals surface area (Å²) in [6, 6.07) is 12.1. The first-order valence-electron chi connectivity index (χ1n) is 11.7. The van der Waals surface area contributed by atoms with Crippen molar-refractivity contribution >= 4 is 34.4 Å². The normalized spacial score (nSPS) is 18.0. The van der Waals surface area contributed by atoms with E-state index in [0.717, 1.165) is 75.1 Å². The summed E-state index contributed by atoms with van der Waals surface area (Å²) < 4.78 is 0. The highest BCUT2D eigenvalue weighted by Gasteiger charge is 2.24. The maximum atomic E-state index is 11.8. The molecule has 0 bridgehead atoms. The molecule has 0 saturated carbocycles. The van der Waals surface area contributed by atoms with Gasteiger partial charge in [-0.15, -0.1) is 0 Å². The molecule has 5 rings (SSSR count). The van der Waals surface area contributed by atoms with E-state index in [4.69, 9.17) is 0 Å². The number of anilines is 1. The van der Waals surface area contributed by atoms with Crippen LogP contribution >= 0.6 is 0 Å². The van der Waals surface area contributed by atoms with Gasteiger partial charge in [0.2, 0.25) is 0 Å². The summed E-state index contributed by atoms with van der Waals surface area (Å²) in [5.41, 5.74) is 4.76. The maximum absolute atomic E-state index is 11.8. The van der Waals surface area contributed by atoms with Crippen molar-refractivity contribution in [3.8, 4) is 0 Å². The molecular formula is C25H30N6O2. The molecule has 1 N–H and O–H groups in total. The van der Waals surface area contributed by atoms with Crippen LogP contribution in [0.15, 0.2) is 36.4 Å². The third-order valence-electron chi connectivity index (χ3n) is 6.72. The van der Waals surface area contributed by atoms with Gasteiger partial charge in [-0.25, -0.2) is 0 Å². The molecule has 2 fully saturated rings. The number of hydrogen-bond acceptors (Lipinski definition) is 6. The SMILES string of the molecule is CN1CCN(Cc2cccc(C=Cc3n[nH]c4cc(N5CCCC5)c([N+](=O)[O-])cc34)c2)CC1. The number of nitrogens with zero attached hydrogens (tertiary/aromatic N) is 5. The maximum Gasteiger partial charge on any atom is 0.293 e. The van der Waals surface area contributed by atoms with E-state index in [0.29, 0.717) is 11.4 Å². The van der Waals surface area contributed by atoms with Gasteiger partial charge in [0.15, 0.2) is 0 Å². The number of benzene rings is 2. The van der Waals surface area contributed by atoms with Gasteiger partial charge in [0.25, 0.3) is 5.69 Å². The molecule has 8 heteroatoms. The Kier molecular flexibility index (Phi) is 6.11. The van der Waals surface area contributed by atoms with E-state index < -0.39 is 0 Å². The van der Waals surface area contributed by atoms with E-state index in [-0.39, 0.29) is 10.6 Å². The number of rotatable bonds is 6. The van der Waals surface area contributed by atoms with Crippen LogP contribution in [0.1, 0.15) is 29.7 Å². The number of nitro benzene ring substituents is 1. The van der Waals surface area contributed by atoms with E-state index in [2.05, 4.69) is 56.2 Å². The number of hydrogen-bond donors (Lipinski definition) is 1. The van der Waals surface area contributed by atoms with E-state index in [1.807, 2.05) is 18.2 Å². The Morgan fingerprint density at radius 3 is 2.61 bits per heavy atom. The largest absolute Gasteiger partial charge is 0.366 e. The Balaban J connectivity index is 1.37. The molecule has 0 unspecified atom stereocenters. The lowest BCUT2D eigenvalue weighted by Gasteiger charge is -2.32. The molecule has 0 amide bonds. The number of aromatic amines is 1. The lowest BCUT2D eigenvalue weighted by atomic mass is 10.1. The predicted octanol–water partition coefficient (Wildman–Crippen LogP) is 3.99. The van der Waals surface area contributed by atoms with Crippen LogP contribution in [0.2, 0.25) is 0 Å². The van der Waals surface area contributed by atoms with Crippen molar-refractivity contribution in [2.45, 2.75) is 19.4 Å². The van der Waals surface area contributed by atoms with Crippen LogP contribution in [-0.4, -0.2) is 71.2 Å². The van der Waals surface area contributed by atoms with Crippen molar-refractivity contribution in [1.82, 2.24) is 20.0 Å². The number of aromatic nitrogens is 2. The van der Waals surface area contributed by atoms with E-state index >= 15 is 0 Å². The molecule has 172 valence electrons. The summed E-state index contributed by atoms with van der Waals surface area (Å²) in [4.78, 5) is 18.4. The van der Waals surface area contributed by atoms with Crippen molar-refractivity contribution < 1.29 is 4.92 Å². The van der Waals surface area contributed by atoms with Crippen molar-refractivity contribution in [2.24, 2.45) is 0 Å². The summed E-state index contributed by atoms with van der Waals surface area (Å²) in [7, 11) is 2.17. The molecule has 3 heterocycles. The van der Waals surface area contributed by atoms with Crippen molar-refractivity contribution in [2.75, 3.05) is 51.2 Å². The smallest absolute Gasteiger partial charge is 0.293 e. The Labute approximate surface area is 193 Å². The van der Waals surface area contributed by atoms with Crippen molar-refractivity contribution in [3.05, 3.63) is 63.3 Å². The minimum Gasteiger partial charge on any atom is -0.366 e. The quantitative estimate of drug-likeness (QED) is 0.456. The summed E-state index contributed by atoms with van der Waals surface area (Å²) >= 11 is 0. The minimum absolute atomic E-state index is 0.148. The molecular weight excluding hydrogens is 416 g/mol. The average Bonchev–Trinajstić information content (AvgIpc) is 3.48. The molecule has 2 aliphatic rings. The molecule has 2 saturated heterocycles. The van der Waals surface area contributed by atoms with Crippen LogP contribution in [0.4, 0.5) is 11.4 Å². The Morgan fingerprint density at radius 1 is 1.06 bits per heavy atom. The van der Waals surface area contributed by atoms with Gasteiger partial charge >= 0.3 is 0 Å². The third kappa shape index (κ3) is 4.77. The number of piperazine rings is 1. The summed E-state index contributed by atoms with van der Waals surface area (Å²) in [5.74, 6) is 0. The second kappa shape index (κ2) is 9.33. The Hall–Kier alpha value is -3.23. The van der Waals surface area contributed by atoms with Gasteiger partial charge in [0.1, 0.15) is 5.69 Å². The summed E-state index contributed by atoms with van der Waals surface area (Å²) in [5, 5.41) is 20.0. The van der Waals surface area contributed by atoms with Crippen molar-refractivity contribution in [3.63, 3.8) is 0 Å². The van der Waals surface area contributed by atoms with Gasteiger partial charge < -0.3 is 9.80 Å². The van der Waals surface area contributed by atoms with Crippen LogP contribution in [0.3, 0.4) is 0 Å². The van der Waals surface area contributed by atoms with Crippen LogP contribution in [0, 0.1) is 10.1 Å². The molecule has 0 spiro atoms. The summed E-state index contributed by atoms with van der Waals surface area (Å²) in [6.45, 7) is 7.07. The van der Waals surface area contributed by atoms with Crippen LogP contribution < -0.4 is 4.90 Å². The number of H-pyrrole nitrogens is 1. The zero-order valence-corrected chi connectivity index (χ0v) is 19.0. The molecule has 2 aliphatic heterocycles. The fourth-order valence-corrected chi connectivity index (χ4v) is 4.78. The zero-order valence-electron chi connectivity index (χ0n) is 19.0. The first-order chi connectivity index (χ1) is 16.1. The van der Waals surface area contributed by atoms with Crippen LogP contribution in [-0.2, 0) is 6.54 Å². The van der Waals surface area contributed by atoms with E-state index in [9.17, 15) is 10.1 Å². The zero-order chi connectivity index (χ0) is 22.8. The van der Waals surface area contributed by atoms with Gasteiger partial charge in [-0.3, -0.25) is 20.1 Å². The highest BCUT2D eigenvalue weighted by molar-refractivity contribution is 5.94. The Morgan fingerprint density at radius 2 is 1.85 bits per heavy atom. The molecule has 0 radical (unpaired) electrons. The van der Waals surface area contributed by atoms with Gasteiger partial charge in [-0.05, 0) is 43.2 Å². The lowest BCUT2D eigenvalue weighted by molar-refractivity contribution is -0.384. The standard InChI is InChI=1S/C25H30N6O2/c1-28-11-13-29(14-12-28)18-20-6-4-5-19(15-20)7-8-22-21-16-25(31(32)33)24(17-23(21)27-26-22)30-9-2-3-10-30/h4-8,15-17H,2-3,9-14,18H2,1H3,(H,26,27). The molecule has 2 aromatic carbocycles. The number of fused-ring (bicyclic) bond motifs is 1. The first-order valence-corrected chi connectivity index (χ1v) is 11.7. The van der Waals surface area contributed by atoms with Gasteiger partial charge in [0.05, 0.1) is 16.1 Å². The van der Waals surface area contributed by atoms with Crippen LogP contribution in [0.5, 0.6) is 0 Å². The first kappa shape index (κ1) is 21.6. The summed E-state index contributed by atoms with van der Waals surface area (Å²) in [6.07, 6.45) is 6.11. The fourth-order valence-electron chi connectivity index (χ4n) is 4.78.